The molecule has 4 rings (SSSR count). The molecule has 0 spiro atoms. The molecule has 0 atom stereocenters. The van der Waals surface area contributed by atoms with Crippen molar-refractivity contribution in [1.29, 1.82) is 0 Å². The average Bonchev–Trinajstić information content (AvgIpc) is 3.48. The molecule has 1 aromatic carbocycles. The SMILES string of the molecule is Cc1c(C(=O)C(=O)NC(C)(C)c2cnn(C3CC3)c2)c(C)n(C)c1C(=O)Nc1ccc(F)c(C(F)(F)F)c1. The van der Waals surface area contributed by atoms with Crippen molar-refractivity contribution in [1.82, 2.24) is 19.7 Å². The fourth-order valence-electron chi connectivity index (χ4n) is 4.37. The van der Waals surface area contributed by atoms with E-state index in [1.54, 1.807) is 27.0 Å². The zero-order valence-corrected chi connectivity index (χ0v) is 21.5. The first-order valence-corrected chi connectivity index (χ1v) is 11.9. The van der Waals surface area contributed by atoms with Crippen molar-refractivity contribution >= 4 is 23.3 Å². The monoisotopic (exact) mass is 533 g/mol. The highest BCUT2D eigenvalue weighted by molar-refractivity contribution is 6.43. The van der Waals surface area contributed by atoms with Crippen LogP contribution in [0, 0.1) is 19.7 Å². The van der Waals surface area contributed by atoms with Crippen LogP contribution >= 0.6 is 0 Å². The lowest BCUT2D eigenvalue weighted by Crippen LogP contribution is -2.44. The number of carbonyl (C=O) groups is 3. The lowest BCUT2D eigenvalue weighted by atomic mass is 9.96. The molecule has 1 fully saturated rings. The van der Waals surface area contributed by atoms with E-state index in [0.717, 1.165) is 24.5 Å². The second-order valence-electron chi connectivity index (χ2n) is 9.99. The number of carbonyl (C=O) groups excluding carboxylic acids is 3. The first kappa shape index (κ1) is 27.1. The van der Waals surface area contributed by atoms with Crippen molar-refractivity contribution in [2.75, 3.05) is 5.32 Å². The predicted octanol–water partition coefficient (Wildman–Crippen LogP) is 4.82. The second-order valence-corrected chi connectivity index (χ2v) is 9.99. The van der Waals surface area contributed by atoms with Crippen LogP contribution in [0.3, 0.4) is 0 Å². The molecule has 2 aromatic heterocycles. The Hall–Kier alpha value is -3.96. The van der Waals surface area contributed by atoms with Crippen LogP contribution in [0.25, 0.3) is 0 Å². The summed E-state index contributed by atoms with van der Waals surface area (Å²) in [5.74, 6) is -4.03. The normalized spacial score (nSPS) is 13.9. The number of anilines is 1. The number of amides is 2. The Morgan fingerprint density at radius 1 is 1.11 bits per heavy atom. The third kappa shape index (κ3) is 5.07. The van der Waals surface area contributed by atoms with E-state index in [4.69, 9.17) is 0 Å². The molecular formula is C26H27F4N5O3. The standard InChI is InChI=1S/C26H27F4N5O3/c1-13-20(22(36)24(38)33-25(3,4)15-11-31-35(12-15)17-7-8-17)14(2)34(5)21(13)23(37)32-16-6-9-19(27)18(10-16)26(28,29)30/h6,9-12,17H,7-8H2,1-5H3,(H,32,37)(H,33,38). The minimum Gasteiger partial charge on any atom is -0.343 e. The quantitative estimate of drug-likeness (QED) is 0.259. The summed E-state index contributed by atoms with van der Waals surface area (Å²) in [4.78, 5) is 39.2. The number of benzene rings is 1. The highest BCUT2D eigenvalue weighted by atomic mass is 19.4. The Balaban J connectivity index is 1.56. The molecule has 12 heteroatoms. The number of nitrogens with one attached hydrogen (secondary N) is 2. The van der Waals surface area contributed by atoms with Gasteiger partial charge in [0.05, 0.1) is 28.9 Å². The molecule has 38 heavy (non-hydrogen) atoms. The van der Waals surface area contributed by atoms with E-state index >= 15 is 0 Å². The van der Waals surface area contributed by atoms with Crippen molar-refractivity contribution in [2.45, 2.75) is 58.3 Å². The van der Waals surface area contributed by atoms with E-state index in [1.807, 2.05) is 10.9 Å². The molecule has 1 saturated carbocycles. The zero-order valence-electron chi connectivity index (χ0n) is 21.5. The van der Waals surface area contributed by atoms with Gasteiger partial charge in [-0.15, -0.1) is 0 Å². The Kier molecular flexibility index (Phi) is 6.71. The zero-order chi connectivity index (χ0) is 28.2. The van der Waals surface area contributed by atoms with Crippen molar-refractivity contribution in [2.24, 2.45) is 7.05 Å². The van der Waals surface area contributed by atoms with Crippen LogP contribution in [0.1, 0.15) is 76.0 Å². The third-order valence-electron chi connectivity index (χ3n) is 6.78. The summed E-state index contributed by atoms with van der Waals surface area (Å²) in [6, 6.07) is 2.45. The maximum atomic E-state index is 13.6. The number of hydrogen-bond donors (Lipinski definition) is 2. The highest BCUT2D eigenvalue weighted by Crippen LogP contribution is 2.35. The molecule has 0 radical (unpaired) electrons. The molecular weight excluding hydrogens is 506 g/mol. The van der Waals surface area contributed by atoms with E-state index < -0.39 is 40.7 Å². The molecule has 2 amide bonds. The Labute approximate surface area is 216 Å². The summed E-state index contributed by atoms with van der Waals surface area (Å²) in [7, 11) is 1.49. The molecule has 0 unspecified atom stereocenters. The Morgan fingerprint density at radius 3 is 2.37 bits per heavy atom. The molecule has 1 aliphatic rings. The molecule has 8 nitrogen and oxygen atoms in total. The van der Waals surface area contributed by atoms with Gasteiger partial charge in [0.1, 0.15) is 11.5 Å². The fourth-order valence-corrected chi connectivity index (χ4v) is 4.37. The van der Waals surface area contributed by atoms with E-state index in [-0.39, 0.29) is 22.5 Å². The molecule has 3 aromatic rings. The van der Waals surface area contributed by atoms with E-state index in [2.05, 4.69) is 15.7 Å². The number of halogens is 4. The maximum Gasteiger partial charge on any atom is 0.419 e. The number of aromatic nitrogens is 3. The van der Waals surface area contributed by atoms with E-state index in [9.17, 15) is 31.9 Å². The van der Waals surface area contributed by atoms with Gasteiger partial charge in [-0.25, -0.2) is 4.39 Å². The molecule has 0 bridgehead atoms. The lowest BCUT2D eigenvalue weighted by molar-refractivity contribution is -0.140. The third-order valence-corrected chi connectivity index (χ3v) is 6.78. The maximum absolute atomic E-state index is 13.6. The minimum absolute atomic E-state index is 0.00899. The van der Waals surface area contributed by atoms with Gasteiger partial charge >= 0.3 is 6.18 Å². The summed E-state index contributed by atoms with van der Waals surface area (Å²) >= 11 is 0. The van der Waals surface area contributed by atoms with E-state index in [0.29, 0.717) is 23.9 Å². The smallest absolute Gasteiger partial charge is 0.343 e. The van der Waals surface area contributed by atoms with Crippen molar-refractivity contribution < 1.29 is 31.9 Å². The molecule has 0 aliphatic heterocycles. The predicted molar refractivity (Wildman–Crippen MR) is 130 cm³/mol. The summed E-state index contributed by atoms with van der Waals surface area (Å²) in [5, 5.41) is 9.37. The van der Waals surface area contributed by atoms with Gasteiger partial charge < -0.3 is 15.2 Å². The molecule has 2 heterocycles. The fraction of sp³-hybridized carbons (Fsp3) is 0.385. The molecule has 1 aliphatic carbocycles. The summed E-state index contributed by atoms with van der Waals surface area (Å²) < 4.78 is 56.0. The number of Topliss-reactive ketones (excluding diaryl/α,β-unsaturated/α-hetero) is 1. The van der Waals surface area contributed by atoms with E-state index in [1.165, 1.54) is 18.5 Å². The first-order valence-electron chi connectivity index (χ1n) is 11.9. The van der Waals surface area contributed by atoms with Crippen LogP contribution in [0.5, 0.6) is 0 Å². The van der Waals surface area contributed by atoms with Gasteiger partial charge in [-0.3, -0.25) is 19.1 Å². The van der Waals surface area contributed by atoms with Gasteiger partial charge in [0, 0.05) is 30.2 Å². The Bertz CT molecular complexity index is 1450. The van der Waals surface area contributed by atoms with Crippen LogP contribution in [-0.4, -0.2) is 31.9 Å². The van der Waals surface area contributed by atoms with Crippen LogP contribution in [0.2, 0.25) is 0 Å². The first-order chi connectivity index (χ1) is 17.6. The molecule has 2 N–H and O–H groups in total. The van der Waals surface area contributed by atoms with Crippen molar-refractivity contribution in [3.63, 3.8) is 0 Å². The largest absolute Gasteiger partial charge is 0.419 e. The molecule has 0 saturated heterocycles. The van der Waals surface area contributed by atoms with Crippen LogP contribution in [0.4, 0.5) is 23.2 Å². The van der Waals surface area contributed by atoms with Crippen LogP contribution in [-0.2, 0) is 23.6 Å². The van der Waals surface area contributed by atoms with Gasteiger partial charge in [0.15, 0.2) is 0 Å². The summed E-state index contributed by atoms with van der Waals surface area (Å²) in [6.45, 7) is 6.51. The number of rotatable bonds is 7. The number of alkyl halides is 3. The number of ketones is 1. The molecule has 202 valence electrons. The topological polar surface area (TPSA) is 98.0 Å². The van der Waals surface area contributed by atoms with Gasteiger partial charge in [-0.2, -0.15) is 18.3 Å². The van der Waals surface area contributed by atoms with Gasteiger partial charge in [-0.1, -0.05) is 0 Å². The number of hydrogen-bond acceptors (Lipinski definition) is 4. The lowest BCUT2D eigenvalue weighted by Gasteiger charge is -2.24. The highest BCUT2D eigenvalue weighted by Gasteiger charge is 2.36. The average molecular weight is 534 g/mol. The van der Waals surface area contributed by atoms with Crippen LogP contribution in [0.15, 0.2) is 30.6 Å². The Morgan fingerprint density at radius 2 is 1.76 bits per heavy atom. The van der Waals surface area contributed by atoms with Gasteiger partial charge in [0.25, 0.3) is 17.6 Å². The van der Waals surface area contributed by atoms with Crippen LogP contribution < -0.4 is 10.6 Å². The van der Waals surface area contributed by atoms with Crippen molar-refractivity contribution in [3.8, 4) is 0 Å². The van der Waals surface area contributed by atoms with Crippen molar-refractivity contribution in [3.05, 3.63) is 70.1 Å². The second kappa shape index (κ2) is 9.41. The summed E-state index contributed by atoms with van der Waals surface area (Å²) in [6.07, 6.45) is 0.617. The van der Waals surface area contributed by atoms with Gasteiger partial charge in [-0.05, 0) is 64.3 Å². The summed E-state index contributed by atoms with van der Waals surface area (Å²) in [5.41, 5.74) is -1.49. The number of nitrogens with zero attached hydrogens (tertiary/aromatic N) is 3. The van der Waals surface area contributed by atoms with Gasteiger partial charge in [0.2, 0.25) is 0 Å². The minimum atomic E-state index is -4.94.